The number of rotatable bonds is 5. The normalized spacial score (nSPS) is 15.3. The van der Waals surface area contributed by atoms with Gasteiger partial charge in [0.05, 0.1) is 0 Å². The number of benzene rings is 2. The van der Waals surface area contributed by atoms with Gasteiger partial charge in [0.2, 0.25) is 0 Å². The maximum Gasteiger partial charge on any atom is 0.309 e. The summed E-state index contributed by atoms with van der Waals surface area (Å²) in [6.45, 7) is 2.96. The first-order chi connectivity index (χ1) is 13.1. The average molecular weight is 386 g/mol. The fourth-order valence-corrected chi connectivity index (χ4v) is 3.43. The summed E-state index contributed by atoms with van der Waals surface area (Å²) in [5.41, 5.74) is 2.08. The van der Waals surface area contributed by atoms with Crippen molar-refractivity contribution < 1.29 is 9.59 Å². The Labute approximate surface area is 164 Å². The Balaban J connectivity index is 1.40. The van der Waals surface area contributed by atoms with Crippen LogP contribution in [0.2, 0.25) is 5.02 Å². The molecule has 0 atom stereocenters. The van der Waals surface area contributed by atoms with Crippen molar-refractivity contribution in [3.63, 3.8) is 0 Å². The molecule has 27 heavy (non-hydrogen) atoms. The molecular weight excluding hydrogens is 362 g/mol. The van der Waals surface area contributed by atoms with E-state index < -0.39 is 11.8 Å². The number of hydrogen-bond acceptors (Lipinski definition) is 3. The van der Waals surface area contributed by atoms with Crippen LogP contribution in [0.1, 0.15) is 24.0 Å². The highest BCUT2D eigenvalue weighted by molar-refractivity contribution is 6.35. The zero-order chi connectivity index (χ0) is 19.1. The zero-order valence-corrected chi connectivity index (χ0v) is 15.9. The van der Waals surface area contributed by atoms with Gasteiger partial charge in [0.25, 0.3) is 0 Å². The third-order valence-corrected chi connectivity index (χ3v) is 5.14. The first-order valence-electron chi connectivity index (χ1n) is 9.20. The average Bonchev–Trinajstić information content (AvgIpc) is 2.69. The summed E-state index contributed by atoms with van der Waals surface area (Å²) in [6, 6.07) is 17.6. The number of nitrogens with one attached hydrogen (secondary N) is 2. The fourth-order valence-electron chi connectivity index (χ4n) is 3.23. The second-order valence-corrected chi connectivity index (χ2v) is 7.19. The Morgan fingerprint density at radius 2 is 1.63 bits per heavy atom. The number of nitrogens with zero attached hydrogens (tertiary/aromatic N) is 1. The monoisotopic (exact) mass is 385 g/mol. The summed E-state index contributed by atoms with van der Waals surface area (Å²) in [4.78, 5) is 26.5. The van der Waals surface area contributed by atoms with Crippen LogP contribution in [0, 0.1) is 0 Å². The van der Waals surface area contributed by atoms with E-state index in [1.807, 2.05) is 36.4 Å². The van der Waals surface area contributed by atoms with Gasteiger partial charge >= 0.3 is 11.8 Å². The molecule has 6 heteroatoms. The van der Waals surface area contributed by atoms with Crippen molar-refractivity contribution >= 4 is 23.4 Å². The minimum atomic E-state index is -0.623. The van der Waals surface area contributed by atoms with Gasteiger partial charge < -0.3 is 10.6 Å². The maximum absolute atomic E-state index is 12.1. The van der Waals surface area contributed by atoms with Crippen LogP contribution < -0.4 is 10.6 Å². The van der Waals surface area contributed by atoms with E-state index in [0.717, 1.165) is 38.0 Å². The van der Waals surface area contributed by atoms with Gasteiger partial charge in [-0.15, -0.1) is 0 Å². The number of hydrogen-bond donors (Lipinski definition) is 2. The van der Waals surface area contributed by atoms with Gasteiger partial charge in [0, 0.05) is 37.2 Å². The first-order valence-corrected chi connectivity index (χ1v) is 9.58. The molecule has 2 N–H and O–H groups in total. The molecule has 0 spiro atoms. The minimum absolute atomic E-state index is 0.0376. The van der Waals surface area contributed by atoms with Crippen molar-refractivity contribution in [1.29, 1.82) is 0 Å². The lowest BCUT2D eigenvalue weighted by molar-refractivity contribution is -0.139. The van der Waals surface area contributed by atoms with Gasteiger partial charge in [0.15, 0.2) is 0 Å². The number of piperidine rings is 1. The summed E-state index contributed by atoms with van der Waals surface area (Å²) < 4.78 is 0. The molecule has 2 aromatic carbocycles. The van der Waals surface area contributed by atoms with Gasteiger partial charge in [-0.1, -0.05) is 60.1 Å². The number of halogens is 1. The highest BCUT2D eigenvalue weighted by Crippen LogP contribution is 2.15. The Morgan fingerprint density at radius 3 is 2.33 bits per heavy atom. The second kappa shape index (κ2) is 9.53. The molecule has 1 heterocycles. The fraction of sp³-hybridized carbons (Fsp3) is 0.333. The summed E-state index contributed by atoms with van der Waals surface area (Å²) in [5, 5.41) is 6.04. The largest absolute Gasteiger partial charge is 0.345 e. The zero-order valence-electron chi connectivity index (χ0n) is 15.2. The maximum atomic E-state index is 12.1. The Bertz CT molecular complexity index is 774. The van der Waals surface area contributed by atoms with E-state index in [9.17, 15) is 9.59 Å². The topological polar surface area (TPSA) is 61.4 Å². The van der Waals surface area contributed by atoms with E-state index in [0.29, 0.717) is 5.02 Å². The highest BCUT2D eigenvalue weighted by atomic mass is 35.5. The Morgan fingerprint density at radius 1 is 0.963 bits per heavy atom. The molecule has 2 aromatic rings. The number of amides is 2. The molecule has 0 radical (unpaired) electrons. The van der Waals surface area contributed by atoms with Crippen LogP contribution in [0.25, 0.3) is 0 Å². The van der Waals surface area contributed by atoms with E-state index in [4.69, 9.17) is 11.6 Å². The molecule has 1 fully saturated rings. The molecule has 0 unspecified atom stereocenters. The summed E-state index contributed by atoms with van der Waals surface area (Å²) >= 11 is 6.06. The van der Waals surface area contributed by atoms with E-state index in [-0.39, 0.29) is 12.6 Å². The molecule has 1 aliphatic heterocycles. The summed E-state index contributed by atoms with van der Waals surface area (Å²) in [7, 11) is 0. The van der Waals surface area contributed by atoms with Crippen LogP contribution in [0.15, 0.2) is 54.6 Å². The molecule has 0 aromatic heterocycles. The van der Waals surface area contributed by atoms with Gasteiger partial charge in [-0.3, -0.25) is 14.5 Å². The molecule has 3 rings (SSSR count). The van der Waals surface area contributed by atoms with Crippen LogP contribution in [0.5, 0.6) is 0 Å². The number of carbonyl (C=O) groups excluding carboxylic acids is 2. The third-order valence-electron chi connectivity index (χ3n) is 4.78. The van der Waals surface area contributed by atoms with Gasteiger partial charge in [-0.05, 0) is 30.0 Å². The predicted octanol–water partition coefficient (Wildman–Crippen LogP) is 2.74. The molecule has 1 aliphatic rings. The van der Waals surface area contributed by atoms with E-state index in [1.54, 1.807) is 6.07 Å². The van der Waals surface area contributed by atoms with Crippen LogP contribution in [0.4, 0.5) is 0 Å². The van der Waals surface area contributed by atoms with Crippen molar-refractivity contribution in [2.75, 3.05) is 13.1 Å². The molecule has 5 nitrogen and oxygen atoms in total. The number of carbonyl (C=O) groups is 2. The molecule has 142 valence electrons. The quantitative estimate of drug-likeness (QED) is 0.778. The third kappa shape index (κ3) is 5.81. The second-order valence-electron chi connectivity index (χ2n) is 6.78. The van der Waals surface area contributed by atoms with Crippen LogP contribution in [-0.4, -0.2) is 35.8 Å². The lowest BCUT2D eigenvalue weighted by Gasteiger charge is -2.32. The van der Waals surface area contributed by atoms with Crippen molar-refractivity contribution in [2.24, 2.45) is 0 Å². The van der Waals surface area contributed by atoms with Crippen molar-refractivity contribution in [1.82, 2.24) is 15.5 Å². The van der Waals surface area contributed by atoms with Crippen molar-refractivity contribution in [2.45, 2.75) is 32.0 Å². The van der Waals surface area contributed by atoms with Gasteiger partial charge in [-0.25, -0.2) is 0 Å². The van der Waals surface area contributed by atoms with Crippen molar-refractivity contribution in [3.8, 4) is 0 Å². The summed E-state index contributed by atoms with van der Waals surface area (Å²) in [6.07, 6.45) is 1.69. The standard InChI is InChI=1S/C21H24ClN3O2/c22-19-9-5-4-8-17(19)14-23-20(26)21(27)24-18-10-12-25(13-11-18)15-16-6-2-1-3-7-16/h1-9,18H,10-15H2,(H,23,26)(H,24,27). The summed E-state index contributed by atoms with van der Waals surface area (Å²) in [5.74, 6) is -1.20. The molecule has 0 aliphatic carbocycles. The molecule has 2 amide bonds. The van der Waals surface area contributed by atoms with E-state index in [2.05, 4.69) is 27.7 Å². The van der Waals surface area contributed by atoms with Gasteiger partial charge in [-0.2, -0.15) is 0 Å². The van der Waals surface area contributed by atoms with Crippen LogP contribution in [-0.2, 0) is 22.7 Å². The molecule has 0 bridgehead atoms. The Kier molecular flexibility index (Phi) is 6.85. The van der Waals surface area contributed by atoms with E-state index >= 15 is 0 Å². The molecular formula is C21H24ClN3O2. The van der Waals surface area contributed by atoms with Gasteiger partial charge in [0.1, 0.15) is 0 Å². The van der Waals surface area contributed by atoms with Crippen LogP contribution in [0.3, 0.4) is 0 Å². The lowest BCUT2D eigenvalue weighted by Crippen LogP contribution is -2.48. The highest BCUT2D eigenvalue weighted by Gasteiger charge is 2.23. The molecule has 1 saturated heterocycles. The van der Waals surface area contributed by atoms with Crippen molar-refractivity contribution in [3.05, 3.63) is 70.7 Å². The molecule has 0 saturated carbocycles. The van der Waals surface area contributed by atoms with Crippen LogP contribution >= 0.6 is 11.6 Å². The van der Waals surface area contributed by atoms with E-state index in [1.165, 1.54) is 5.56 Å². The Hall–Kier alpha value is -2.37. The SMILES string of the molecule is O=C(NCc1ccccc1Cl)C(=O)NC1CCN(Cc2ccccc2)CC1. The number of likely N-dealkylation sites (tertiary alicyclic amines) is 1. The minimum Gasteiger partial charge on any atom is -0.345 e. The smallest absolute Gasteiger partial charge is 0.309 e. The first kappa shape index (κ1) is 19.4. The lowest BCUT2D eigenvalue weighted by atomic mass is 10.0. The predicted molar refractivity (Wildman–Crippen MR) is 106 cm³/mol.